The average molecular weight is 296 g/mol. The number of carbonyl (C=O) groups excluding carboxylic acids is 2. The van der Waals surface area contributed by atoms with Crippen LogP contribution in [0.25, 0.3) is 0 Å². The lowest BCUT2D eigenvalue weighted by Gasteiger charge is -2.10. The second-order valence-electron chi connectivity index (χ2n) is 6.52. The monoisotopic (exact) mass is 296 g/mol. The molecule has 0 aromatic carbocycles. The zero-order chi connectivity index (χ0) is 15.8. The molecule has 0 N–H and O–H groups in total. The third kappa shape index (κ3) is 15.5. The molecule has 0 heterocycles. The minimum atomic E-state index is 0.457. The topological polar surface area (TPSA) is 34.1 Å². The molecule has 21 heavy (non-hydrogen) atoms. The quantitative estimate of drug-likeness (QED) is 0.263. The number of Topliss-reactive ketones (excluding diaryl/α,β-unsaturated/α-hetero) is 1. The predicted octanol–water partition coefficient (Wildman–Crippen LogP) is 5.87. The molecule has 0 saturated heterocycles. The Kier molecular flexibility index (Phi) is 15.2. The molecule has 0 rings (SSSR count). The molecule has 0 saturated carbocycles. The van der Waals surface area contributed by atoms with Gasteiger partial charge < -0.3 is 4.79 Å². The fourth-order valence-electron chi connectivity index (χ4n) is 2.77. The Bertz CT molecular complexity index is 248. The molecule has 0 bridgehead atoms. The molecular formula is C19H36O2. The molecule has 2 heteroatoms. The fraction of sp³-hybridized carbons (Fsp3) is 0.895. The summed E-state index contributed by atoms with van der Waals surface area (Å²) >= 11 is 0. The van der Waals surface area contributed by atoms with Crippen LogP contribution >= 0.6 is 0 Å². The highest BCUT2D eigenvalue weighted by Crippen LogP contribution is 2.16. The van der Waals surface area contributed by atoms with Crippen LogP contribution in [-0.2, 0) is 9.59 Å². The molecule has 0 radical (unpaired) electrons. The first kappa shape index (κ1) is 20.3. The van der Waals surface area contributed by atoms with Crippen molar-refractivity contribution >= 4 is 12.1 Å². The molecule has 0 aliphatic rings. The number of hydrogen-bond donors (Lipinski definition) is 0. The van der Waals surface area contributed by atoms with Crippen molar-refractivity contribution in [2.75, 3.05) is 0 Å². The van der Waals surface area contributed by atoms with Gasteiger partial charge in [-0.3, -0.25) is 4.79 Å². The van der Waals surface area contributed by atoms with Gasteiger partial charge in [-0.25, -0.2) is 0 Å². The molecular weight excluding hydrogens is 260 g/mol. The molecule has 2 nitrogen and oxygen atoms in total. The van der Waals surface area contributed by atoms with Crippen molar-refractivity contribution in [2.24, 2.45) is 5.92 Å². The van der Waals surface area contributed by atoms with Gasteiger partial charge in [-0.05, 0) is 18.8 Å². The van der Waals surface area contributed by atoms with Crippen molar-refractivity contribution in [3.63, 3.8) is 0 Å². The number of ketones is 1. The molecule has 0 aliphatic heterocycles. The standard InChI is InChI=1S/C19H36O2/c1-3-4-5-6-9-12-15-19(21)17-18(2)14-11-8-7-10-13-16-20/h16,18H,3-15,17H2,1-2H3. The first-order valence-corrected chi connectivity index (χ1v) is 9.16. The van der Waals surface area contributed by atoms with E-state index in [-0.39, 0.29) is 0 Å². The molecule has 0 aromatic rings. The Hall–Kier alpha value is -0.660. The highest BCUT2D eigenvalue weighted by molar-refractivity contribution is 5.78. The number of aldehydes is 1. The summed E-state index contributed by atoms with van der Waals surface area (Å²) in [5.74, 6) is 0.989. The van der Waals surface area contributed by atoms with Crippen LogP contribution in [0.3, 0.4) is 0 Å². The summed E-state index contributed by atoms with van der Waals surface area (Å²) in [5.41, 5.74) is 0. The molecule has 0 aliphatic carbocycles. The summed E-state index contributed by atoms with van der Waals surface area (Å²) in [6.45, 7) is 4.43. The zero-order valence-electron chi connectivity index (χ0n) is 14.4. The van der Waals surface area contributed by atoms with Crippen LogP contribution < -0.4 is 0 Å². The number of carbonyl (C=O) groups is 2. The Morgan fingerprint density at radius 1 is 0.905 bits per heavy atom. The molecule has 0 amide bonds. The van der Waals surface area contributed by atoms with E-state index in [2.05, 4.69) is 13.8 Å². The first-order valence-electron chi connectivity index (χ1n) is 9.16. The second-order valence-corrected chi connectivity index (χ2v) is 6.52. The van der Waals surface area contributed by atoms with Crippen molar-refractivity contribution in [2.45, 2.75) is 104 Å². The summed E-state index contributed by atoms with van der Waals surface area (Å²) in [7, 11) is 0. The number of hydrogen-bond acceptors (Lipinski definition) is 2. The summed E-state index contributed by atoms with van der Waals surface area (Å²) in [5, 5.41) is 0. The number of unbranched alkanes of at least 4 members (excludes halogenated alkanes) is 9. The molecule has 0 fully saturated rings. The summed E-state index contributed by atoms with van der Waals surface area (Å²) in [6, 6.07) is 0. The number of rotatable bonds is 16. The van der Waals surface area contributed by atoms with Crippen LogP contribution in [0.4, 0.5) is 0 Å². The normalized spacial score (nSPS) is 12.3. The summed E-state index contributed by atoms with van der Waals surface area (Å²) in [6.07, 6.45) is 16.5. The lowest BCUT2D eigenvalue weighted by Crippen LogP contribution is -2.05. The van der Waals surface area contributed by atoms with E-state index in [1.165, 1.54) is 44.9 Å². The third-order valence-corrected chi connectivity index (χ3v) is 4.15. The maximum atomic E-state index is 11.9. The van der Waals surface area contributed by atoms with Gasteiger partial charge in [0.1, 0.15) is 12.1 Å². The Morgan fingerprint density at radius 3 is 2.24 bits per heavy atom. The van der Waals surface area contributed by atoms with Crippen LogP contribution in [0, 0.1) is 5.92 Å². The maximum Gasteiger partial charge on any atom is 0.133 e. The average Bonchev–Trinajstić information content (AvgIpc) is 2.46. The second kappa shape index (κ2) is 15.7. The lowest BCUT2D eigenvalue weighted by atomic mass is 9.95. The van der Waals surface area contributed by atoms with Gasteiger partial charge in [0.2, 0.25) is 0 Å². The third-order valence-electron chi connectivity index (χ3n) is 4.15. The predicted molar refractivity (Wildman–Crippen MR) is 90.5 cm³/mol. The van der Waals surface area contributed by atoms with E-state index in [1.54, 1.807) is 0 Å². The Balaban J connectivity index is 3.37. The Labute approximate surface area is 132 Å². The van der Waals surface area contributed by atoms with Gasteiger partial charge in [0.05, 0.1) is 0 Å². The van der Waals surface area contributed by atoms with E-state index < -0.39 is 0 Å². The minimum Gasteiger partial charge on any atom is -0.303 e. The van der Waals surface area contributed by atoms with Crippen molar-refractivity contribution in [1.82, 2.24) is 0 Å². The molecule has 0 aromatic heterocycles. The van der Waals surface area contributed by atoms with E-state index in [9.17, 15) is 9.59 Å². The van der Waals surface area contributed by atoms with E-state index in [4.69, 9.17) is 0 Å². The smallest absolute Gasteiger partial charge is 0.133 e. The minimum absolute atomic E-state index is 0.457. The molecule has 1 unspecified atom stereocenters. The van der Waals surface area contributed by atoms with Gasteiger partial charge in [-0.15, -0.1) is 0 Å². The van der Waals surface area contributed by atoms with Gasteiger partial charge in [0.25, 0.3) is 0 Å². The Morgan fingerprint density at radius 2 is 1.52 bits per heavy atom. The van der Waals surface area contributed by atoms with Gasteiger partial charge >= 0.3 is 0 Å². The van der Waals surface area contributed by atoms with E-state index >= 15 is 0 Å². The van der Waals surface area contributed by atoms with Crippen LogP contribution in [0.5, 0.6) is 0 Å². The lowest BCUT2D eigenvalue weighted by molar-refractivity contribution is -0.120. The maximum absolute atomic E-state index is 11.9. The zero-order valence-corrected chi connectivity index (χ0v) is 14.4. The van der Waals surface area contributed by atoms with Crippen molar-refractivity contribution in [3.05, 3.63) is 0 Å². The van der Waals surface area contributed by atoms with Gasteiger partial charge in [0.15, 0.2) is 0 Å². The van der Waals surface area contributed by atoms with Crippen LogP contribution in [0.1, 0.15) is 104 Å². The van der Waals surface area contributed by atoms with Crippen LogP contribution in [0.2, 0.25) is 0 Å². The summed E-state index contributed by atoms with van der Waals surface area (Å²) in [4.78, 5) is 22.1. The van der Waals surface area contributed by atoms with Gasteiger partial charge in [-0.1, -0.05) is 71.6 Å². The first-order chi connectivity index (χ1) is 10.2. The van der Waals surface area contributed by atoms with Crippen molar-refractivity contribution in [3.8, 4) is 0 Å². The highest BCUT2D eigenvalue weighted by atomic mass is 16.1. The van der Waals surface area contributed by atoms with Crippen LogP contribution in [-0.4, -0.2) is 12.1 Å². The van der Waals surface area contributed by atoms with Crippen LogP contribution in [0.15, 0.2) is 0 Å². The van der Waals surface area contributed by atoms with E-state index in [1.807, 2.05) is 0 Å². The molecule has 1 atom stereocenters. The summed E-state index contributed by atoms with van der Waals surface area (Å²) < 4.78 is 0. The van der Waals surface area contributed by atoms with Crippen molar-refractivity contribution in [1.29, 1.82) is 0 Å². The largest absolute Gasteiger partial charge is 0.303 e. The highest BCUT2D eigenvalue weighted by Gasteiger charge is 2.08. The van der Waals surface area contributed by atoms with E-state index in [0.29, 0.717) is 18.1 Å². The molecule has 0 spiro atoms. The van der Waals surface area contributed by atoms with Crippen molar-refractivity contribution < 1.29 is 9.59 Å². The SMILES string of the molecule is CCCCCCCCC(=O)CC(C)CCCCCCC=O. The van der Waals surface area contributed by atoms with Gasteiger partial charge in [0, 0.05) is 19.3 Å². The van der Waals surface area contributed by atoms with Gasteiger partial charge in [-0.2, -0.15) is 0 Å². The molecule has 124 valence electrons. The fourth-order valence-corrected chi connectivity index (χ4v) is 2.77. The van der Waals surface area contributed by atoms with E-state index in [0.717, 1.165) is 44.8 Å².